The average Bonchev–Trinajstić information content (AvgIpc) is 2.56. The van der Waals surface area contributed by atoms with Crippen LogP contribution in [0.4, 0.5) is 5.69 Å². The van der Waals surface area contributed by atoms with Gasteiger partial charge >= 0.3 is 0 Å². The van der Waals surface area contributed by atoms with Gasteiger partial charge in [0.2, 0.25) is 0 Å². The van der Waals surface area contributed by atoms with Gasteiger partial charge in [-0.15, -0.1) is 0 Å². The number of sulfonamides is 1. The second-order valence-corrected chi connectivity index (χ2v) is 9.06. The molecule has 2 aromatic rings. The minimum Gasteiger partial charge on any atom is -0.266 e. The van der Waals surface area contributed by atoms with E-state index in [1.165, 1.54) is 4.31 Å². The Balaban J connectivity index is 2.32. The zero-order valence-electron chi connectivity index (χ0n) is 14.2. The zero-order valence-corrected chi connectivity index (χ0v) is 16.6. The van der Waals surface area contributed by atoms with E-state index in [0.29, 0.717) is 22.0 Å². The lowest BCUT2D eigenvalue weighted by molar-refractivity contribution is 0.587. The molecule has 0 aromatic heterocycles. The maximum absolute atomic E-state index is 13.1. The van der Waals surface area contributed by atoms with E-state index in [4.69, 9.17) is 0 Å². The van der Waals surface area contributed by atoms with Crippen molar-refractivity contribution in [2.75, 3.05) is 10.8 Å². The van der Waals surface area contributed by atoms with Gasteiger partial charge in [-0.3, -0.25) is 4.31 Å². The van der Waals surface area contributed by atoms with Crippen LogP contribution in [0.15, 0.2) is 59.5 Å². The number of nitrogens with zero attached hydrogens (tertiary/aromatic N) is 1. The van der Waals surface area contributed by atoms with Crippen molar-refractivity contribution in [1.82, 2.24) is 0 Å². The van der Waals surface area contributed by atoms with Gasteiger partial charge in [0.15, 0.2) is 0 Å². The summed E-state index contributed by atoms with van der Waals surface area (Å²) in [6.45, 7) is 4.54. The lowest BCUT2D eigenvalue weighted by Crippen LogP contribution is -2.33. The Kier molecular flexibility index (Phi) is 6.87. The van der Waals surface area contributed by atoms with Crippen molar-refractivity contribution < 1.29 is 8.42 Å². The number of para-hydroxylation sites is 1. The molecular formula is C19H24BrNO2S. The van der Waals surface area contributed by atoms with E-state index in [0.717, 1.165) is 24.8 Å². The molecule has 0 aliphatic heterocycles. The summed E-state index contributed by atoms with van der Waals surface area (Å²) in [7, 11) is -3.57. The van der Waals surface area contributed by atoms with Crippen molar-refractivity contribution in [1.29, 1.82) is 0 Å². The van der Waals surface area contributed by atoms with Gasteiger partial charge in [-0.25, -0.2) is 8.42 Å². The van der Waals surface area contributed by atoms with Gasteiger partial charge in [0.1, 0.15) is 0 Å². The molecule has 0 heterocycles. The SMILES string of the molecule is CCC[C@H](Br)CCN(c1ccccc1)S(=O)(=O)c1ccc(C)cc1. The normalized spacial score (nSPS) is 12.8. The van der Waals surface area contributed by atoms with Crippen molar-refractivity contribution in [2.45, 2.75) is 42.8 Å². The highest BCUT2D eigenvalue weighted by atomic mass is 79.9. The summed E-state index contributed by atoms with van der Waals surface area (Å²) in [6.07, 6.45) is 2.88. The van der Waals surface area contributed by atoms with Gasteiger partial charge in [-0.2, -0.15) is 0 Å². The van der Waals surface area contributed by atoms with Gasteiger partial charge in [0.05, 0.1) is 10.6 Å². The van der Waals surface area contributed by atoms with Crippen LogP contribution in [0.25, 0.3) is 0 Å². The summed E-state index contributed by atoms with van der Waals surface area (Å²) in [4.78, 5) is 0.653. The molecule has 0 amide bonds. The maximum atomic E-state index is 13.1. The molecule has 0 unspecified atom stereocenters. The fourth-order valence-electron chi connectivity index (χ4n) is 2.53. The summed E-state index contributed by atoms with van der Waals surface area (Å²) in [5.41, 5.74) is 1.75. The van der Waals surface area contributed by atoms with Gasteiger partial charge in [-0.1, -0.05) is 65.2 Å². The lowest BCUT2D eigenvalue weighted by atomic mass is 10.2. The predicted octanol–water partition coefficient (Wildman–Crippen LogP) is 5.14. The first-order chi connectivity index (χ1) is 11.4. The molecule has 3 nitrogen and oxygen atoms in total. The molecule has 0 radical (unpaired) electrons. The molecule has 0 aliphatic rings. The monoisotopic (exact) mass is 409 g/mol. The van der Waals surface area contributed by atoms with Gasteiger partial charge in [0, 0.05) is 11.4 Å². The van der Waals surface area contributed by atoms with Gasteiger partial charge in [-0.05, 0) is 44.0 Å². The number of alkyl halides is 1. The molecule has 0 spiro atoms. The molecule has 2 rings (SSSR count). The smallest absolute Gasteiger partial charge is 0.264 e. The first-order valence-electron chi connectivity index (χ1n) is 8.23. The van der Waals surface area contributed by atoms with Crippen LogP contribution >= 0.6 is 15.9 Å². The van der Waals surface area contributed by atoms with Crippen molar-refractivity contribution in [3.05, 3.63) is 60.2 Å². The lowest BCUT2D eigenvalue weighted by Gasteiger charge is -2.25. The van der Waals surface area contributed by atoms with Crippen LogP contribution in [0, 0.1) is 6.92 Å². The Morgan fingerprint density at radius 3 is 2.21 bits per heavy atom. The Bertz CT molecular complexity index is 730. The van der Waals surface area contributed by atoms with E-state index < -0.39 is 10.0 Å². The summed E-state index contributed by atoms with van der Waals surface area (Å²) in [6, 6.07) is 16.3. The fraction of sp³-hybridized carbons (Fsp3) is 0.368. The van der Waals surface area contributed by atoms with Crippen LogP contribution < -0.4 is 4.31 Å². The summed E-state index contributed by atoms with van der Waals surface area (Å²) >= 11 is 3.65. The van der Waals surface area contributed by atoms with Crippen LogP contribution in [0.2, 0.25) is 0 Å². The number of aryl methyl sites for hydroxylation is 1. The van der Waals surface area contributed by atoms with Crippen molar-refractivity contribution in [2.24, 2.45) is 0 Å². The summed E-state index contributed by atoms with van der Waals surface area (Å²) in [5, 5.41) is 0. The fourth-order valence-corrected chi connectivity index (χ4v) is 4.68. The van der Waals surface area contributed by atoms with Gasteiger partial charge in [0.25, 0.3) is 10.0 Å². The molecule has 24 heavy (non-hydrogen) atoms. The number of benzene rings is 2. The minimum absolute atomic E-state index is 0.321. The zero-order chi connectivity index (χ0) is 17.6. The van der Waals surface area contributed by atoms with Crippen LogP contribution in [0.5, 0.6) is 0 Å². The molecule has 2 aromatic carbocycles. The van der Waals surface area contributed by atoms with Crippen molar-refractivity contribution in [3.63, 3.8) is 0 Å². The van der Waals surface area contributed by atoms with Crippen LogP contribution in [-0.4, -0.2) is 19.8 Å². The Labute approximate surface area is 153 Å². The third-order valence-electron chi connectivity index (χ3n) is 3.90. The summed E-state index contributed by atoms with van der Waals surface area (Å²) in [5.74, 6) is 0. The first-order valence-corrected chi connectivity index (χ1v) is 10.6. The Morgan fingerprint density at radius 2 is 1.62 bits per heavy atom. The largest absolute Gasteiger partial charge is 0.266 e. The molecule has 130 valence electrons. The van der Waals surface area contributed by atoms with E-state index in [1.807, 2.05) is 49.4 Å². The van der Waals surface area contributed by atoms with E-state index in [2.05, 4.69) is 22.9 Å². The molecule has 0 N–H and O–H groups in total. The van der Waals surface area contributed by atoms with E-state index in [1.54, 1.807) is 12.1 Å². The number of anilines is 1. The molecule has 0 saturated carbocycles. The van der Waals surface area contributed by atoms with E-state index in [-0.39, 0.29) is 0 Å². The Hall–Kier alpha value is -1.33. The quantitative estimate of drug-likeness (QED) is 0.565. The highest BCUT2D eigenvalue weighted by Gasteiger charge is 2.25. The molecule has 0 bridgehead atoms. The maximum Gasteiger partial charge on any atom is 0.264 e. The number of rotatable bonds is 8. The number of halogens is 1. The van der Waals surface area contributed by atoms with Gasteiger partial charge < -0.3 is 0 Å². The molecule has 0 saturated heterocycles. The minimum atomic E-state index is -3.57. The molecular weight excluding hydrogens is 386 g/mol. The number of hydrogen-bond donors (Lipinski definition) is 0. The van der Waals surface area contributed by atoms with E-state index >= 15 is 0 Å². The third kappa shape index (κ3) is 4.84. The first kappa shape index (κ1) is 19.0. The second-order valence-electron chi connectivity index (χ2n) is 5.90. The standard InChI is InChI=1S/C19H24BrNO2S/c1-3-7-17(20)14-15-21(18-8-5-4-6-9-18)24(22,23)19-12-10-16(2)11-13-19/h4-6,8-13,17H,3,7,14-15H2,1-2H3/t17-/m0/s1. The highest BCUT2D eigenvalue weighted by Crippen LogP contribution is 2.25. The molecule has 0 fully saturated rings. The predicted molar refractivity (Wildman–Crippen MR) is 104 cm³/mol. The molecule has 5 heteroatoms. The van der Waals surface area contributed by atoms with Crippen molar-refractivity contribution >= 4 is 31.6 Å². The summed E-state index contributed by atoms with van der Waals surface area (Å²) < 4.78 is 27.8. The number of hydrogen-bond acceptors (Lipinski definition) is 2. The average molecular weight is 410 g/mol. The molecule has 1 atom stereocenters. The van der Waals surface area contributed by atoms with Crippen LogP contribution in [-0.2, 0) is 10.0 Å². The third-order valence-corrected chi connectivity index (χ3v) is 6.66. The molecule has 0 aliphatic carbocycles. The topological polar surface area (TPSA) is 37.4 Å². The highest BCUT2D eigenvalue weighted by molar-refractivity contribution is 9.09. The van der Waals surface area contributed by atoms with Crippen LogP contribution in [0.1, 0.15) is 31.7 Å². The van der Waals surface area contributed by atoms with Crippen LogP contribution in [0.3, 0.4) is 0 Å². The van der Waals surface area contributed by atoms with Crippen molar-refractivity contribution in [3.8, 4) is 0 Å². The van der Waals surface area contributed by atoms with E-state index in [9.17, 15) is 8.42 Å². The second kappa shape index (κ2) is 8.67. The Morgan fingerprint density at radius 1 is 1.00 bits per heavy atom.